The maximum atomic E-state index is 11.7. The summed E-state index contributed by atoms with van der Waals surface area (Å²) < 4.78 is 6.60. The minimum Gasteiger partial charge on any atom is -0.462 e. The summed E-state index contributed by atoms with van der Waals surface area (Å²) in [6.45, 7) is 3.90. The molecule has 0 bridgehead atoms. The Morgan fingerprint density at radius 3 is 2.67 bits per heavy atom. The number of rotatable bonds is 3. The van der Waals surface area contributed by atoms with Gasteiger partial charge in [0.05, 0.1) is 18.0 Å². The highest BCUT2D eigenvalue weighted by Crippen LogP contribution is 2.15. The Bertz CT molecular complexity index is 561. The molecule has 0 spiro atoms. The molecule has 0 aliphatic rings. The van der Waals surface area contributed by atoms with Crippen LogP contribution in [-0.2, 0) is 4.74 Å². The monoisotopic (exact) mass is 264 g/mol. The number of esters is 1. The van der Waals surface area contributed by atoms with Crippen molar-refractivity contribution in [2.24, 2.45) is 0 Å². The molecule has 2 rings (SSSR count). The molecule has 0 aliphatic carbocycles. The Kier molecular flexibility index (Phi) is 3.67. The summed E-state index contributed by atoms with van der Waals surface area (Å²) in [6.07, 6.45) is 1.66. The van der Waals surface area contributed by atoms with Crippen molar-refractivity contribution in [1.29, 1.82) is 0 Å². The van der Waals surface area contributed by atoms with Crippen LogP contribution in [-0.4, -0.2) is 22.4 Å². The number of carbonyl (C=O) groups excluding carboxylic acids is 1. The van der Waals surface area contributed by atoms with Crippen molar-refractivity contribution in [2.75, 3.05) is 6.61 Å². The minimum atomic E-state index is -0.352. The van der Waals surface area contributed by atoms with Crippen LogP contribution in [0.5, 0.6) is 0 Å². The van der Waals surface area contributed by atoms with E-state index in [2.05, 4.69) is 5.10 Å². The molecule has 0 saturated heterocycles. The zero-order valence-corrected chi connectivity index (χ0v) is 10.9. The highest BCUT2D eigenvalue weighted by molar-refractivity contribution is 6.30. The molecule has 4 nitrogen and oxygen atoms in total. The first-order valence-corrected chi connectivity index (χ1v) is 5.99. The quantitative estimate of drug-likeness (QED) is 0.801. The predicted octanol–water partition coefficient (Wildman–Crippen LogP) is 3.01. The van der Waals surface area contributed by atoms with Crippen molar-refractivity contribution in [1.82, 2.24) is 9.78 Å². The van der Waals surface area contributed by atoms with Gasteiger partial charge in [0.25, 0.3) is 0 Å². The van der Waals surface area contributed by atoms with Gasteiger partial charge in [-0.2, -0.15) is 5.10 Å². The lowest BCUT2D eigenvalue weighted by molar-refractivity contribution is 0.0525. The zero-order chi connectivity index (χ0) is 13.1. The van der Waals surface area contributed by atoms with E-state index in [1.165, 1.54) is 0 Å². The molecule has 0 saturated carbocycles. The van der Waals surface area contributed by atoms with Crippen molar-refractivity contribution in [2.45, 2.75) is 13.8 Å². The molecule has 0 fully saturated rings. The van der Waals surface area contributed by atoms with Gasteiger partial charge in [0.1, 0.15) is 5.56 Å². The molecular formula is C13H13ClN2O2. The third kappa shape index (κ3) is 2.54. The second-order valence-electron chi connectivity index (χ2n) is 3.77. The van der Waals surface area contributed by atoms with Gasteiger partial charge in [0, 0.05) is 11.2 Å². The van der Waals surface area contributed by atoms with Gasteiger partial charge in [-0.15, -0.1) is 0 Å². The summed E-state index contributed by atoms with van der Waals surface area (Å²) in [7, 11) is 0. The van der Waals surface area contributed by atoms with Crippen LogP contribution in [0.15, 0.2) is 30.5 Å². The van der Waals surface area contributed by atoms with Crippen LogP contribution in [0.2, 0.25) is 5.02 Å². The normalized spacial score (nSPS) is 10.4. The number of carbonyl (C=O) groups is 1. The topological polar surface area (TPSA) is 44.1 Å². The number of benzene rings is 1. The van der Waals surface area contributed by atoms with Gasteiger partial charge in [-0.05, 0) is 38.1 Å². The average Bonchev–Trinajstić information content (AvgIpc) is 2.72. The summed E-state index contributed by atoms with van der Waals surface area (Å²) in [5.74, 6) is -0.352. The first-order chi connectivity index (χ1) is 8.61. The molecular weight excluding hydrogens is 252 g/mol. The van der Waals surface area contributed by atoms with E-state index in [0.717, 1.165) is 5.69 Å². The van der Waals surface area contributed by atoms with E-state index < -0.39 is 0 Å². The summed E-state index contributed by atoms with van der Waals surface area (Å²) in [5, 5.41) is 4.95. The number of nitrogens with zero attached hydrogens (tertiary/aromatic N) is 2. The maximum Gasteiger partial charge on any atom is 0.341 e. The second kappa shape index (κ2) is 5.23. The highest BCUT2D eigenvalue weighted by Gasteiger charge is 2.14. The summed E-state index contributed by atoms with van der Waals surface area (Å²) in [4.78, 5) is 11.7. The molecule has 2 aromatic rings. The van der Waals surface area contributed by atoms with E-state index in [4.69, 9.17) is 16.3 Å². The van der Waals surface area contributed by atoms with Crippen molar-refractivity contribution in [3.05, 3.63) is 46.7 Å². The summed E-state index contributed by atoms with van der Waals surface area (Å²) >= 11 is 5.82. The molecule has 0 radical (unpaired) electrons. The number of hydrogen-bond donors (Lipinski definition) is 0. The Labute approximate surface area is 110 Å². The van der Waals surface area contributed by atoms with Crippen molar-refractivity contribution in [3.8, 4) is 5.69 Å². The van der Waals surface area contributed by atoms with E-state index in [0.29, 0.717) is 22.9 Å². The van der Waals surface area contributed by atoms with Crippen LogP contribution in [0.4, 0.5) is 0 Å². The molecule has 1 heterocycles. The highest BCUT2D eigenvalue weighted by atomic mass is 35.5. The first-order valence-electron chi connectivity index (χ1n) is 5.61. The largest absolute Gasteiger partial charge is 0.462 e. The van der Waals surface area contributed by atoms with Crippen LogP contribution < -0.4 is 0 Å². The summed E-state index contributed by atoms with van der Waals surface area (Å²) in [6, 6.07) is 7.23. The number of aryl methyl sites for hydroxylation is 1. The first kappa shape index (κ1) is 12.6. The van der Waals surface area contributed by atoms with Gasteiger partial charge in [0.15, 0.2) is 0 Å². The zero-order valence-electron chi connectivity index (χ0n) is 10.2. The van der Waals surface area contributed by atoms with Gasteiger partial charge < -0.3 is 4.74 Å². The van der Waals surface area contributed by atoms with E-state index in [1.54, 1.807) is 36.9 Å². The van der Waals surface area contributed by atoms with Gasteiger partial charge >= 0.3 is 5.97 Å². The standard InChI is InChI=1S/C13H13ClN2O2/c1-3-18-13(17)12-8-16(15-9(12)2)11-6-4-10(14)5-7-11/h4-8H,3H2,1-2H3. The Morgan fingerprint density at radius 1 is 1.39 bits per heavy atom. The number of aromatic nitrogens is 2. The minimum absolute atomic E-state index is 0.352. The van der Waals surface area contributed by atoms with Gasteiger partial charge in [-0.3, -0.25) is 0 Å². The molecule has 94 valence electrons. The van der Waals surface area contributed by atoms with Crippen LogP contribution >= 0.6 is 11.6 Å². The van der Waals surface area contributed by atoms with Crippen LogP contribution in [0, 0.1) is 6.92 Å². The fraction of sp³-hybridized carbons (Fsp3) is 0.231. The van der Waals surface area contributed by atoms with Crippen molar-refractivity contribution in [3.63, 3.8) is 0 Å². The third-order valence-corrected chi connectivity index (χ3v) is 2.74. The molecule has 0 atom stereocenters. The molecule has 0 amide bonds. The molecule has 18 heavy (non-hydrogen) atoms. The van der Waals surface area contributed by atoms with Gasteiger partial charge in [-0.25, -0.2) is 9.48 Å². The third-order valence-electron chi connectivity index (χ3n) is 2.49. The molecule has 0 aliphatic heterocycles. The number of hydrogen-bond acceptors (Lipinski definition) is 3. The maximum absolute atomic E-state index is 11.7. The smallest absolute Gasteiger partial charge is 0.341 e. The number of halogens is 1. The predicted molar refractivity (Wildman–Crippen MR) is 69.3 cm³/mol. The SMILES string of the molecule is CCOC(=O)c1cn(-c2ccc(Cl)cc2)nc1C. The van der Waals surface area contributed by atoms with E-state index >= 15 is 0 Å². The number of ether oxygens (including phenoxy) is 1. The molecule has 0 N–H and O–H groups in total. The average molecular weight is 265 g/mol. The van der Waals surface area contributed by atoms with E-state index in [1.807, 2.05) is 12.1 Å². The Hall–Kier alpha value is -1.81. The van der Waals surface area contributed by atoms with E-state index in [-0.39, 0.29) is 5.97 Å². The van der Waals surface area contributed by atoms with Crippen molar-refractivity contribution >= 4 is 17.6 Å². The fourth-order valence-electron chi connectivity index (χ4n) is 1.60. The molecule has 0 unspecified atom stereocenters. The lowest BCUT2D eigenvalue weighted by Crippen LogP contribution is -2.04. The van der Waals surface area contributed by atoms with Crippen molar-refractivity contribution < 1.29 is 9.53 Å². The van der Waals surface area contributed by atoms with Gasteiger partial charge in [0.2, 0.25) is 0 Å². The summed E-state index contributed by atoms with van der Waals surface area (Å²) in [5.41, 5.74) is 1.97. The van der Waals surface area contributed by atoms with Crippen LogP contribution in [0.25, 0.3) is 5.69 Å². The fourth-order valence-corrected chi connectivity index (χ4v) is 1.72. The van der Waals surface area contributed by atoms with Crippen LogP contribution in [0.1, 0.15) is 23.0 Å². The Balaban J connectivity index is 2.34. The van der Waals surface area contributed by atoms with Gasteiger partial charge in [-0.1, -0.05) is 11.6 Å². The second-order valence-corrected chi connectivity index (χ2v) is 4.21. The van der Waals surface area contributed by atoms with E-state index in [9.17, 15) is 4.79 Å². The molecule has 1 aromatic heterocycles. The lowest BCUT2D eigenvalue weighted by Gasteiger charge is -2.00. The Morgan fingerprint density at radius 2 is 2.06 bits per heavy atom. The molecule has 5 heteroatoms. The molecule has 1 aromatic carbocycles. The lowest BCUT2D eigenvalue weighted by atomic mass is 10.3. The van der Waals surface area contributed by atoms with Crippen LogP contribution in [0.3, 0.4) is 0 Å².